The molecule has 7 nitrogen and oxygen atoms in total. The van der Waals surface area contributed by atoms with E-state index >= 15 is 0 Å². The molecule has 30 heavy (non-hydrogen) atoms. The smallest absolute Gasteiger partial charge is 0.405 e. The lowest BCUT2D eigenvalue weighted by atomic mass is 10.2. The molecule has 2 aromatic heterocycles. The lowest BCUT2D eigenvalue weighted by molar-refractivity contribution is -0.274. The zero-order chi connectivity index (χ0) is 21.6. The summed E-state index contributed by atoms with van der Waals surface area (Å²) in [5.41, 5.74) is 0.321. The quantitative estimate of drug-likeness (QED) is 0.436. The Morgan fingerprint density at radius 2 is 1.90 bits per heavy atom. The van der Waals surface area contributed by atoms with Crippen LogP contribution in [0.5, 0.6) is 5.75 Å². The Morgan fingerprint density at radius 1 is 1.13 bits per heavy atom. The molecule has 160 valence electrons. The maximum Gasteiger partial charge on any atom is 0.573 e. The third-order valence-electron chi connectivity index (χ3n) is 4.21. The monoisotopic (exact) mass is 438 g/mol. The molecule has 0 aliphatic heterocycles. The molecule has 0 atom stereocenters. The summed E-state index contributed by atoms with van der Waals surface area (Å²) >= 11 is 1.59. The van der Waals surface area contributed by atoms with E-state index in [1.54, 1.807) is 23.5 Å². The summed E-state index contributed by atoms with van der Waals surface area (Å²) in [6.07, 6.45) is -4.76. The number of guanidine groups is 1. The first-order valence-corrected chi connectivity index (χ1v) is 9.93. The van der Waals surface area contributed by atoms with E-state index in [1.807, 2.05) is 36.1 Å². The molecule has 0 saturated heterocycles. The van der Waals surface area contributed by atoms with Gasteiger partial charge in [0.1, 0.15) is 11.6 Å². The molecule has 0 amide bonds. The number of alkyl halides is 3. The number of hydrogen-bond acceptors (Lipinski definition) is 5. The first kappa shape index (κ1) is 21.6. The lowest BCUT2D eigenvalue weighted by Gasteiger charge is -2.14. The van der Waals surface area contributed by atoms with E-state index in [-0.39, 0.29) is 12.3 Å². The molecule has 0 fully saturated rings. The molecule has 0 spiro atoms. The normalized spacial score (nSPS) is 12.1. The Morgan fingerprint density at radius 3 is 2.57 bits per heavy atom. The number of aromatic nitrogens is 3. The maximum atomic E-state index is 12.6. The SMILES string of the molecule is Cc1nnc(CNC(=NCc2ccccc2OC(F)(F)F)NCc2cccs2)n1C. The van der Waals surface area contributed by atoms with Gasteiger partial charge in [0.05, 0.1) is 19.6 Å². The Balaban J connectivity index is 1.73. The molecule has 3 rings (SSSR count). The molecule has 2 heterocycles. The van der Waals surface area contributed by atoms with Crippen LogP contribution >= 0.6 is 11.3 Å². The van der Waals surface area contributed by atoms with Crippen molar-refractivity contribution in [1.82, 2.24) is 25.4 Å². The maximum absolute atomic E-state index is 12.6. The first-order valence-electron chi connectivity index (χ1n) is 9.05. The number of nitrogens with one attached hydrogen (secondary N) is 2. The minimum Gasteiger partial charge on any atom is -0.405 e. The Kier molecular flexibility index (Phi) is 6.93. The molecule has 0 aliphatic rings. The Hall–Kier alpha value is -3.08. The minimum absolute atomic E-state index is 0.00384. The van der Waals surface area contributed by atoms with Gasteiger partial charge in [-0.3, -0.25) is 0 Å². The van der Waals surface area contributed by atoms with Gasteiger partial charge < -0.3 is 19.9 Å². The number of halogens is 3. The van der Waals surface area contributed by atoms with Crippen molar-refractivity contribution >= 4 is 17.3 Å². The van der Waals surface area contributed by atoms with Crippen molar-refractivity contribution in [3.05, 3.63) is 63.9 Å². The number of ether oxygens (including phenoxy) is 1. The van der Waals surface area contributed by atoms with Gasteiger partial charge in [-0.05, 0) is 24.4 Å². The highest BCUT2D eigenvalue weighted by Gasteiger charge is 2.31. The van der Waals surface area contributed by atoms with Crippen molar-refractivity contribution in [2.75, 3.05) is 0 Å². The molecule has 0 radical (unpaired) electrons. The van der Waals surface area contributed by atoms with Crippen molar-refractivity contribution in [2.45, 2.75) is 32.9 Å². The second kappa shape index (κ2) is 9.61. The zero-order valence-corrected chi connectivity index (χ0v) is 17.2. The zero-order valence-electron chi connectivity index (χ0n) is 16.4. The topological polar surface area (TPSA) is 76.4 Å². The third-order valence-corrected chi connectivity index (χ3v) is 5.09. The minimum atomic E-state index is -4.76. The molecule has 0 bridgehead atoms. The van der Waals surface area contributed by atoms with Crippen LogP contribution in [-0.2, 0) is 26.7 Å². The van der Waals surface area contributed by atoms with Gasteiger partial charge in [0.2, 0.25) is 0 Å². The highest BCUT2D eigenvalue weighted by Crippen LogP contribution is 2.26. The van der Waals surface area contributed by atoms with Crippen molar-refractivity contribution < 1.29 is 17.9 Å². The highest BCUT2D eigenvalue weighted by molar-refractivity contribution is 7.09. The fraction of sp³-hybridized carbons (Fsp3) is 0.316. The molecular weight excluding hydrogens is 417 g/mol. The highest BCUT2D eigenvalue weighted by atomic mass is 32.1. The number of thiophene rings is 1. The van der Waals surface area contributed by atoms with Gasteiger partial charge in [-0.2, -0.15) is 0 Å². The summed E-state index contributed by atoms with van der Waals surface area (Å²) in [6.45, 7) is 2.73. The number of nitrogens with zero attached hydrogens (tertiary/aromatic N) is 4. The van der Waals surface area contributed by atoms with Crippen molar-refractivity contribution in [3.8, 4) is 5.75 Å². The molecule has 3 aromatic rings. The standard InChI is InChI=1S/C19H21F3N6OS/c1-13-26-27-17(28(13)2)12-25-18(24-11-15-7-5-9-30-15)23-10-14-6-3-4-8-16(14)29-19(20,21)22/h3-9H,10-12H2,1-2H3,(H2,23,24,25). The average Bonchev–Trinajstić information content (AvgIpc) is 3.32. The second-order valence-electron chi connectivity index (χ2n) is 6.33. The number of hydrogen-bond donors (Lipinski definition) is 2. The molecule has 11 heteroatoms. The Labute approximate surface area is 175 Å². The van der Waals surface area contributed by atoms with Gasteiger partial charge in [-0.1, -0.05) is 24.3 Å². The summed E-state index contributed by atoms with van der Waals surface area (Å²) in [5.74, 6) is 1.65. The molecule has 0 aliphatic carbocycles. The number of rotatable bonds is 7. The van der Waals surface area contributed by atoms with Gasteiger partial charge in [0.25, 0.3) is 0 Å². The molecule has 2 N–H and O–H groups in total. The van der Waals surface area contributed by atoms with Gasteiger partial charge >= 0.3 is 6.36 Å². The fourth-order valence-electron chi connectivity index (χ4n) is 2.55. The van der Waals surface area contributed by atoms with Crippen LogP contribution in [0.25, 0.3) is 0 Å². The van der Waals surface area contributed by atoms with E-state index < -0.39 is 6.36 Å². The van der Waals surface area contributed by atoms with Crippen LogP contribution in [0, 0.1) is 6.92 Å². The van der Waals surface area contributed by atoms with Crippen LogP contribution in [0.1, 0.15) is 22.1 Å². The van der Waals surface area contributed by atoms with Gasteiger partial charge in [0.15, 0.2) is 11.8 Å². The predicted molar refractivity (Wildman–Crippen MR) is 108 cm³/mol. The second-order valence-corrected chi connectivity index (χ2v) is 7.36. The van der Waals surface area contributed by atoms with E-state index in [2.05, 4.69) is 30.6 Å². The average molecular weight is 438 g/mol. The first-order chi connectivity index (χ1) is 14.3. The van der Waals surface area contributed by atoms with Crippen LogP contribution in [0.2, 0.25) is 0 Å². The third kappa shape index (κ3) is 6.21. The van der Waals surface area contributed by atoms with E-state index in [0.29, 0.717) is 30.4 Å². The van der Waals surface area contributed by atoms with Crippen LogP contribution in [0.3, 0.4) is 0 Å². The summed E-state index contributed by atoms with van der Waals surface area (Å²) in [5, 5.41) is 16.4. The van der Waals surface area contributed by atoms with E-state index in [4.69, 9.17) is 0 Å². The van der Waals surface area contributed by atoms with Crippen molar-refractivity contribution in [2.24, 2.45) is 12.0 Å². The Bertz CT molecular complexity index is 985. The van der Waals surface area contributed by atoms with E-state index in [0.717, 1.165) is 10.7 Å². The number of aryl methyl sites for hydroxylation is 1. The number of aliphatic imine (C=N–C) groups is 1. The summed E-state index contributed by atoms with van der Waals surface area (Å²) < 4.78 is 43.9. The lowest BCUT2D eigenvalue weighted by Crippen LogP contribution is -2.37. The van der Waals surface area contributed by atoms with Gasteiger partial charge in [0, 0.05) is 17.5 Å². The van der Waals surface area contributed by atoms with Crippen molar-refractivity contribution in [3.63, 3.8) is 0 Å². The molecule has 1 aromatic carbocycles. The predicted octanol–water partition coefficient (Wildman–Crippen LogP) is 3.52. The number of benzene rings is 1. The van der Waals surface area contributed by atoms with Crippen LogP contribution in [0.15, 0.2) is 46.8 Å². The summed E-state index contributed by atoms with van der Waals surface area (Å²) in [7, 11) is 1.85. The summed E-state index contributed by atoms with van der Waals surface area (Å²) in [4.78, 5) is 5.53. The fourth-order valence-corrected chi connectivity index (χ4v) is 3.19. The van der Waals surface area contributed by atoms with Gasteiger partial charge in [-0.15, -0.1) is 34.7 Å². The van der Waals surface area contributed by atoms with Crippen molar-refractivity contribution in [1.29, 1.82) is 0 Å². The number of para-hydroxylation sites is 1. The largest absolute Gasteiger partial charge is 0.573 e. The molecule has 0 unspecified atom stereocenters. The van der Waals surface area contributed by atoms with Crippen LogP contribution in [-0.4, -0.2) is 27.1 Å². The molecular formula is C19H21F3N6OS. The molecule has 0 saturated carbocycles. The van der Waals surface area contributed by atoms with E-state index in [9.17, 15) is 13.2 Å². The van der Waals surface area contributed by atoms with Gasteiger partial charge in [-0.25, -0.2) is 4.99 Å². The summed E-state index contributed by atoms with van der Waals surface area (Å²) in [6, 6.07) is 9.87. The van der Waals surface area contributed by atoms with Crippen LogP contribution in [0.4, 0.5) is 13.2 Å². The van der Waals surface area contributed by atoms with Crippen LogP contribution < -0.4 is 15.4 Å². The van der Waals surface area contributed by atoms with E-state index in [1.165, 1.54) is 12.1 Å².